The van der Waals surface area contributed by atoms with E-state index in [1.54, 1.807) is 0 Å². The van der Waals surface area contributed by atoms with Gasteiger partial charge in [0.05, 0.1) is 0 Å². The number of ether oxygens (including phenoxy) is 3. The van der Waals surface area contributed by atoms with E-state index in [-0.39, 0.29) is 37.5 Å². The SMILES string of the molecule is CCCCC/C=C\C/C=C\C/C=C\C/C=C\CCCC(=O)O[C@@H](COC(=O)CCCCCCCCCCCCCCCCC)COC(=O)CCCCCCCCCCCCCCCCCCCCC. The average molecular weight is 968 g/mol. The number of rotatable bonds is 55. The van der Waals surface area contributed by atoms with Gasteiger partial charge in [-0.05, 0) is 57.8 Å². The first-order valence-electron chi connectivity index (χ1n) is 30.1. The lowest BCUT2D eigenvalue weighted by Gasteiger charge is -2.18. The van der Waals surface area contributed by atoms with Crippen LogP contribution in [0.1, 0.15) is 316 Å². The highest BCUT2D eigenvalue weighted by atomic mass is 16.6. The molecule has 0 aromatic rings. The Morgan fingerprint density at radius 3 is 0.855 bits per heavy atom. The molecule has 0 rings (SSSR count). The van der Waals surface area contributed by atoms with E-state index in [0.29, 0.717) is 19.3 Å². The summed E-state index contributed by atoms with van der Waals surface area (Å²) in [5, 5.41) is 0. The third-order valence-corrected chi connectivity index (χ3v) is 13.3. The fraction of sp³-hybridized carbons (Fsp3) is 0.825. The number of unbranched alkanes of at least 4 members (excludes halogenated alkanes) is 36. The Kier molecular flexibility index (Phi) is 55.7. The molecule has 0 aromatic carbocycles. The fourth-order valence-corrected chi connectivity index (χ4v) is 8.79. The molecule has 0 fully saturated rings. The Labute approximate surface area is 428 Å². The largest absolute Gasteiger partial charge is 0.462 e. The minimum atomic E-state index is -0.798. The minimum absolute atomic E-state index is 0.0902. The van der Waals surface area contributed by atoms with Crippen molar-refractivity contribution in [2.75, 3.05) is 13.2 Å². The molecule has 0 amide bonds. The molecule has 0 aromatic heterocycles. The predicted octanol–water partition coefficient (Wildman–Crippen LogP) is 20.2. The summed E-state index contributed by atoms with van der Waals surface area (Å²) >= 11 is 0. The molecule has 0 unspecified atom stereocenters. The van der Waals surface area contributed by atoms with Crippen LogP contribution in [0.4, 0.5) is 0 Å². The average Bonchev–Trinajstić information content (AvgIpc) is 3.35. The summed E-state index contributed by atoms with van der Waals surface area (Å²) in [5.41, 5.74) is 0. The van der Waals surface area contributed by atoms with Gasteiger partial charge >= 0.3 is 17.9 Å². The van der Waals surface area contributed by atoms with E-state index in [4.69, 9.17) is 14.2 Å². The first kappa shape index (κ1) is 66.4. The van der Waals surface area contributed by atoms with Crippen LogP contribution in [0.3, 0.4) is 0 Å². The third kappa shape index (κ3) is 56.2. The van der Waals surface area contributed by atoms with Gasteiger partial charge in [-0.15, -0.1) is 0 Å². The lowest BCUT2D eigenvalue weighted by Crippen LogP contribution is -2.30. The van der Waals surface area contributed by atoms with Crippen molar-refractivity contribution >= 4 is 17.9 Å². The Morgan fingerprint density at radius 2 is 0.536 bits per heavy atom. The summed E-state index contributed by atoms with van der Waals surface area (Å²) in [4.78, 5) is 38.2. The Balaban J connectivity index is 4.40. The summed E-state index contributed by atoms with van der Waals surface area (Å²) in [6.45, 7) is 6.62. The van der Waals surface area contributed by atoms with E-state index in [1.165, 1.54) is 205 Å². The van der Waals surface area contributed by atoms with Crippen LogP contribution in [0, 0.1) is 0 Å². The molecule has 1 atom stereocenters. The van der Waals surface area contributed by atoms with Crippen LogP contribution in [0.15, 0.2) is 48.6 Å². The van der Waals surface area contributed by atoms with Crippen molar-refractivity contribution in [3.8, 4) is 0 Å². The molecule has 6 heteroatoms. The van der Waals surface area contributed by atoms with E-state index in [1.807, 2.05) is 0 Å². The van der Waals surface area contributed by atoms with Gasteiger partial charge in [0.1, 0.15) is 13.2 Å². The Hall–Kier alpha value is -2.63. The molecule has 0 radical (unpaired) electrons. The van der Waals surface area contributed by atoms with E-state index in [2.05, 4.69) is 69.4 Å². The molecular formula is C63H114O6. The van der Waals surface area contributed by atoms with Crippen LogP contribution in [0.5, 0.6) is 0 Å². The van der Waals surface area contributed by atoms with Gasteiger partial charge in [0.15, 0.2) is 6.10 Å². The monoisotopic (exact) mass is 967 g/mol. The molecule has 0 saturated carbocycles. The smallest absolute Gasteiger partial charge is 0.306 e. The van der Waals surface area contributed by atoms with Crippen molar-refractivity contribution in [3.63, 3.8) is 0 Å². The van der Waals surface area contributed by atoms with Crippen LogP contribution in [-0.2, 0) is 28.6 Å². The maximum Gasteiger partial charge on any atom is 0.306 e. The van der Waals surface area contributed by atoms with Crippen molar-refractivity contribution in [1.82, 2.24) is 0 Å². The molecule has 0 N–H and O–H groups in total. The second kappa shape index (κ2) is 57.9. The van der Waals surface area contributed by atoms with Gasteiger partial charge in [-0.25, -0.2) is 0 Å². The highest BCUT2D eigenvalue weighted by molar-refractivity contribution is 5.71. The Bertz CT molecular complexity index is 1200. The standard InChI is InChI=1S/C63H114O6/c1-4-7-10-13-16-19-22-25-28-30-31-33-35-38-41-44-47-50-53-56-62(65)68-59-60(58-67-61(64)55-52-49-46-43-40-37-34-27-24-21-18-15-12-9-6-3)69-63(66)57-54-51-48-45-42-39-36-32-29-26-23-20-17-14-11-8-5-2/h17,20,26,29,36,39,45,48,60H,4-16,18-19,21-25,27-28,30-35,37-38,40-44,46-47,49-59H2,1-3H3/b20-17-,29-26-,39-36-,48-45-/t60-/m0/s1. The lowest BCUT2D eigenvalue weighted by atomic mass is 10.0. The molecule has 0 spiro atoms. The molecule has 69 heavy (non-hydrogen) atoms. The summed E-state index contributed by atoms with van der Waals surface area (Å²) in [6.07, 6.45) is 71.1. The molecule has 402 valence electrons. The van der Waals surface area contributed by atoms with Gasteiger partial charge in [0.25, 0.3) is 0 Å². The minimum Gasteiger partial charge on any atom is -0.462 e. The van der Waals surface area contributed by atoms with E-state index in [9.17, 15) is 14.4 Å². The number of hydrogen-bond acceptors (Lipinski definition) is 6. The lowest BCUT2D eigenvalue weighted by molar-refractivity contribution is -0.167. The molecule has 6 nitrogen and oxygen atoms in total. The predicted molar refractivity (Wildman–Crippen MR) is 298 cm³/mol. The van der Waals surface area contributed by atoms with Crippen LogP contribution in [0.2, 0.25) is 0 Å². The Morgan fingerprint density at radius 1 is 0.290 bits per heavy atom. The van der Waals surface area contributed by atoms with Gasteiger partial charge in [0.2, 0.25) is 0 Å². The zero-order valence-electron chi connectivity index (χ0n) is 46.1. The maximum atomic E-state index is 12.8. The molecular weight excluding hydrogens is 853 g/mol. The summed E-state index contributed by atoms with van der Waals surface area (Å²) in [5.74, 6) is -0.927. The van der Waals surface area contributed by atoms with Gasteiger partial charge in [-0.3, -0.25) is 14.4 Å². The molecule has 0 saturated heterocycles. The van der Waals surface area contributed by atoms with Crippen LogP contribution < -0.4 is 0 Å². The van der Waals surface area contributed by atoms with Crippen LogP contribution >= 0.6 is 0 Å². The molecule has 0 aliphatic rings. The zero-order valence-corrected chi connectivity index (χ0v) is 46.1. The van der Waals surface area contributed by atoms with Gasteiger partial charge in [0, 0.05) is 19.3 Å². The second-order valence-corrected chi connectivity index (χ2v) is 20.3. The number of carbonyl (C=O) groups excluding carboxylic acids is 3. The normalized spacial score (nSPS) is 12.3. The van der Waals surface area contributed by atoms with E-state index < -0.39 is 6.10 Å². The first-order valence-corrected chi connectivity index (χ1v) is 30.1. The highest BCUT2D eigenvalue weighted by Crippen LogP contribution is 2.17. The van der Waals surface area contributed by atoms with Crippen molar-refractivity contribution in [1.29, 1.82) is 0 Å². The van der Waals surface area contributed by atoms with Gasteiger partial charge in [-0.2, -0.15) is 0 Å². The van der Waals surface area contributed by atoms with Crippen molar-refractivity contribution < 1.29 is 28.6 Å². The second-order valence-electron chi connectivity index (χ2n) is 20.3. The molecule has 0 bridgehead atoms. The molecule has 0 aliphatic heterocycles. The maximum absolute atomic E-state index is 12.8. The van der Waals surface area contributed by atoms with Crippen LogP contribution in [0.25, 0.3) is 0 Å². The van der Waals surface area contributed by atoms with Crippen molar-refractivity contribution in [2.24, 2.45) is 0 Å². The number of hydrogen-bond donors (Lipinski definition) is 0. The number of esters is 3. The molecule has 0 aliphatic carbocycles. The van der Waals surface area contributed by atoms with Crippen molar-refractivity contribution in [3.05, 3.63) is 48.6 Å². The summed E-state index contributed by atoms with van der Waals surface area (Å²) in [7, 11) is 0. The van der Waals surface area contributed by atoms with Gasteiger partial charge in [-0.1, -0.05) is 288 Å². The number of allylic oxidation sites excluding steroid dienone is 8. The zero-order chi connectivity index (χ0) is 50.0. The van der Waals surface area contributed by atoms with E-state index >= 15 is 0 Å². The summed E-state index contributed by atoms with van der Waals surface area (Å²) < 4.78 is 16.9. The fourth-order valence-electron chi connectivity index (χ4n) is 8.79. The first-order chi connectivity index (χ1) is 34.0. The molecule has 0 heterocycles. The topological polar surface area (TPSA) is 78.9 Å². The summed E-state index contributed by atoms with van der Waals surface area (Å²) in [6, 6.07) is 0. The van der Waals surface area contributed by atoms with E-state index in [0.717, 1.165) is 64.2 Å². The van der Waals surface area contributed by atoms with Crippen LogP contribution in [-0.4, -0.2) is 37.2 Å². The van der Waals surface area contributed by atoms with Gasteiger partial charge < -0.3 is 14.2 Å². The number of carbonyl (C=O) groups is 3. The quantitative estimate of drug-likeness (QED) is 0.0262. The van der Waals surface area contributed by atoms with Crippen molar-refractivity contribution in [2.45, 2.75) is 322 Å². The third-order valence-electron chi connectivity index (χ3n) is 13.3. The highest BCUT2D eigenvalue weighted by Gasteiger charge is 2.19.